The van der Waals surface area contributed by atoms with Crippen LogP contribution in [0, 0.1) is 11.8 Å². The maximum Gasteiger partial charge on any atom is 0.303 e. The van der Waals surface area contributed by atoms with E-state index in [4.69, 9.17) is 13.9 Å². The maximum absolute atomic E-state index is 14.6. The quantitative estimate of drug-likeness (QED) is 0.109. The molecule has 0 radical (unpaired) electrons. The van der Waals surface area contributed by atoms with Crippen molar-refractivity contribution in [3.63, 3.8) is 0 Å². The second-order valence-electron chi connectivity index (χ2n) is 16.8. The number of rotatable bonds is 19. The van der Waals surface area contributed by atoms with Crippen molar-refractivity contribution in [1.29, 1.82) is 0 Å². The maximum atomic E-state index is 14.6. The second kappa shape index (κ2) is 19.9. The average Bonchev–Trinajstić information content (AvgIpc) is 3.59. The van der Waals surface area contributed by atoms with Crippen LogP contribution >= 0.6 is 23.4 Å². The van der Waals surface area contributed by atoms with Crippen molar-refractivity contribution in [2.75, 3.05) is 26.7 Å². The lowest BCUT2D eigenvalue weighted by Crippen LogP contribution is -2.58. The third kappa shape index (κ3) is 12.2. The van der Waals surface area contributed by atoms with Crippen molar-refractivity contribution in [3.8, 4) is 0 Å². The number of aromatic nitrogens is 1. The van der Waals surface area contributed by atoms with E-state index >= 15 is 0 Å². The fourth-order valence-corrected chi connectivity index (χ4v) is 8.94. The molecule has 2 N–H and O–H groups in total. The van der Waals surface area contributed by atoms with Crippen LogP contribution in [0.25, 0.3) is 0 Å². The number of amides is 3. The first-order valence-corrected chi connectivity index (χ1v) is 21.7. The zero-order valence-corrected chi connectivity index (χ0v) is 36.3. The van der Waals surface area contributed by atoms with Crippen LogP contribution in [0.15, 0.2) is 35.7 Å². The summed E-state index contributed by atoms with van der Waals surface area (Å²) in [4.78, 5) is 63.4. The fourth-order valence-electron chi connectivity index (χ4n) is 7.48. The highest BCUT2D eigenvalue weighted by molar-refractivity contribution is 7.96. The van der Waals surface area contributed by atoms with Crippen molar-refractivity contribution >= 4 is 47.1 Å². The summed E-state index contributed by atoms with van der Waals surface area (Å²) in [6.45, 7) is 19.5. The van der Waals surface area contributed by atoms with Gasteiger partial charge >= 0.3 is 5.97 Å². The summed E-state index contributed by atoms with van der Waals surface area (Å²) in [5.74, 6) is -1.01. The van der Waals surface area contributed by atoms with Gasteiger partial charge in [0.1, 0.15) is 16.7 Å². The van der Waals surface area contributed by atoms with Crippen LogP contribution in [0.3, 0.4) is 0 Å². The molecule has 13 heteroatoms. The van der Waals surface area contributed by atoms with Crippen LogP contribution in [0.5, 0.6) is 0 Å². The summed E-state index contributed by atoms with van der Waals surface area (Å²) in [6.07, 6.45) is 4.51. The Morgan fingerprint density at radius 2 is 1.82 bits per heavy atom. The van der Waals surface area contributed by atoms with Gasteiger partial charge in [-0.05, 0) is 89.5 Å². The predicted molar refractivity (Wildman–Crippen MR) is 221 cm³/mol. The Hall–Kier alpha value is -3.00. The highest BCUT2D eigenvalue weighted by Crippen LogP contribution is 2.52. The van der Waals surface area contributed by atoms with Crippen LogP contribution in [0.4, 0.5) is 0 Å². The molecular weight excluding hydrogens is 735 g/mol. The molecule has 0 bridgehead atoms. The topological polar surface area (TPSA) is 130 Å². The highest BCUT2D eigenvalue weighted by atomic mass is 32.2. The molecule has 306 valence electrons. The molecule has 1 aromatic heterocycles. The fraction of sp³-hybridized carbons (Fsp3) is 0.690. The second-order valence-corrected chi connectivity index (χ2v) is 19.4. The van der Waals surface area contributed by atoms with E-state index in [0.717, 1.165) is 44.2 Å². The average molecular weight is 800 g/mol. The zero-order valence-electron chi connectivity index (χ0n) is 34.7. The van der Waals surface area contributed by atoms with Crippen molar-refractivity contribution in [2.24, 2.45) is 11.8 Å². The van der Waals surface area contributed by atoms with E-state index in [2.05, 4.69) is 62.3 Å². The van der Waals surface area contributed by atoms with E-state index in [1.54, 1.807) is 5.38 Å². The molecule has 7 atom stereocenters. The Balaban J connectivity index is 1.56. The van der Waals surface area contributed by atoms with E-state index in [0.29, 0.717) is 31.0 Å². The summed E-state index contributed by atoms with van der Waals surface area (Å²) in [6, 6.07) is 8.85. The largest absolute Gasteiger partial charge is 0.455 e. The minimum atomic E-state index is -0.783. The van der Waals surface area contributed by atoms with Crippen LogP contribution in [-0.4, -0.2) is 93.6 Å². The third-order valence-corrected chi connectivity index (χ3v) is 12.5. The molecule has 2 aliphatic rings. The molecule has 11 nitrogen and oxygen atoms in total. The number of ether oxygens (including phenoxy) is 1. The van der Waals surface area contributed by atoms with Crippen molar-refractivity contribution < 1.29 is 28.1 Å². The summed E-state index contributed by atoms with van der Waals surface area (Å²) in [5, 5.41) is 8.62. The van der Waals surface area contributed by atoms with Gasteiger partial charge in [-0.3, -0.25) is 24.1 Å². The number of hydrogen-bond donors (Lipinski definition) is 2. The molecule has 1 saturated carbocycles. The Bertz CT molecular complexity index is 1580. The number of benzene rings is 1. The van der Waals surface area contributed by atoms with E-state index in [1.165, 1.54) is 30.3 Å². The predicted octanol–water partition coefficient (Wildman–Crippen LogP) is 7.54. The number of nitrogens with one attached hydrogen (secondary N) is 2. The molecule has 1 saturated heterocycles. The van der Waals surface area contributed by atoms with Gasteiger partial charge in [-0.25, -0.2) is 4.98 Å². The summed E-state index contributed by atoms with van der Waals surface area (Å²) in [7, 11) is 1.97. The standard InChI is InChI=1S/C42H65N5O6S2/c1-11-21-47(40(51)36(28(5)12-2)44-38(50)33-20-16-17-22-46(33)10)34(27(3)4)23-35(53-29(6)48)39-43-32(25-54-39)37(49)45-42(26-52-55-41(7,8)9)24-31(42)30-18-14-13-15-19-30/h13-15,18-19,25,27-28,31,33-36H,11-12,16-17,20-24,26H2,1-10H3,(H,44,50)(H,45,49)/t28-,31?,33+,34+,35+,36-,42?/m0/s1. The van der Waals surface area contributed by atoms with Crippen molar-refractivity contribution in [3.05, 3.63) is 52.0 Å². The van der Waals surface area contributed by atoms with E-state index in [9.17, 15) is 19.2 Å². The number of thiazole rings is 1. The van der Waals surface area contributed by atoms with Crippen LogP contribution in [0.1, 0.15) is 140 Å². The lowest BCUT2D eigenvalue weighted by atomic mass is 9.92. The molecule has 2 aromatic rings. The summed E-state index contributed by atoms with van der Waals surface area (Å²) in [5.41, 5.74) is 0.810. The molecule has 3 amide bonds. The van der Waals surface area contributed by atoms with Gasteiger partial charge in [-0.2, -0.15) is 0 Å². The smallest absolute Gasteiger partial charge is 0.303 e. The van der Waals surface area contributed by atoms with Crippen molar-refractivity contribution in [1.82, 2.24) is 25.4 Å². The minimum Gasteiger partial charge on any atom is -0.455 e. The van der Waals surface area contributed by atoms with Crippen molar-refractivity contribution in [2.45, 2.75) is 148 Å². The monoisotopic (exact) mass is 799 g/mol. The molecule has 0 spiro atoms. The van der Waals surface area contributed by atoms with E-state index in [1.807, 2.05) is 50.9 Å². The van der Waals surface area contributed by atoms with Gasteiger partial charge in [0.15, 0.2) is 6.10 Å². The number of esters is 1. The van der Waals surface area contributed by atoms with Gasteiger partial charge in [-0.1, -0.05) is 77.8 Å². The van der Waals surface area contributed by atoms with Gasteiger partial charge in [0.25, 0.3) is 5.91 Å². The Morgan fingerprint density at radius 3 is 2.42 bits per heavy atom. The number of likely N-dealkylation sites (tertiary alicyclic amines) is 1. The number of carbonyl (C=O) groups excluding carboxylic acids is 4. The molecule has 55 heavy (non-hydrogen) atoms. The summed E-state index contributed by atoms with van der Waals surface area (Å²) >= 11 is 2.67. The third-order valence-electron chi connectivity index (χ3n) is 10.8. The lowest BCUT2D eigenvalue weighted by molar-refractivity contribution is -0.149. The SMILES string of the molecule is CCCN(C(=O)[C@@H](NC(=O)[C@H]1CCCCN1C)[C@@H](C)CC)[C@H](C[C@@H](OC(C)=O)c1nc(C(=O)NC2(COSC(C)(C)C)CC2c2ccccc2)cs1)C(C)C. The first-order chi connectivity index (χ1) is 26.0. The Morgan fingerprint density at radius 1 is 1.11 bits per heavy atom. The highest BCUT2D eigenvalue weighted by Gasteiger charge is 2.56. The van der Waals surface area contributed by atoms with E-state index < -0.39 is 23.7 Å². The molecule has 2 fully saturated rings. The molecule has 4 rings (SSSR count). The zero-order chi connectivity index (χ0) is 40.5. The minimum absolute atomic E-state index is 0.00957. The number of likely N-dealkylation sites (N-methyl/N-ethyl adjacent to an activating group) is 1. The van der Waals surface area contributed by atoms with Gasteiger partial charge in [0, 0.05) is 42.0 Å². The molecule has 1 aromatic carbocycles. The first kappa shape index (κ1) is 44.7. The number of carbonyl (C=O) groups is 4. The number of nitrogens with zero attached hydrogens (tertiary/aromatic N) is 3. The lowest BCUT2D eigenvalue weighted by Gasteiger charge is -2.40. The van der Waals surface area contributed by atoms with Crippen LogP contribution in [0.2, 0.25) is 0 Å². The van der Waals surface area contributed by atoms with E-state index in [-0.39, 0.29) is 58.0 Å². The number of hydrogen-bond acceptors (Lipinski definition) is 10. The van der Waals surface area contributed by atoms with Gasteiger partial charge < -0.3 is 24.5 Å². The molecule has 2 unspecified atom stereocenters. The molecular formula is C42H65N5O6S2. The van der Waals surface area contributed by atoms with Gasteiger partial charge in [0.2, 0.25) is 11.8 Å². The Labute approximate surface area is 337 Å². The van der Waals surface area contributed by atoms with Gasteiger partial charge in [-0.15, -0.1) is 11.3 Å². The Kier molecular flexibility index (Phi) is 16.2. The molecule has 1 aliphatic carbocycles. The van der Waals surface area contributed by atoms with Crippen LogP contribution < -0.4 is 10.6 Å². The number of piperidine rings is 1. The normalized spacial score (nSPS) is 22.3. The van der Waals surface area contributed by atoms with Gasteiger partial charge in [0.05, 0.1) is 18.2 Å². The first-order valence-electron chi connectivity index (χ1n) is 20.1. The molecule has 1 aliphatic heterocycles. The molecule has 2 heterocycles. The summed E-state index contributed by atoms with van der Waals surface area (Å²) < 4.78 is 11.9. The van der Waals surface area contributed by atoms with Crippen LogP contribution in [-0.2, 0) is 23.3 Å².